The topological polar surface area (TPSA) is 67.2 Å². The highest BCUT2D eigenvalue weighted by molar-refractivity contribution is 5.98. The van der Waals surface area contributed by atoms with Crippen molar-refractivity contribution in [2.45, 2.75) is 18.1 Å². The van der Waals surface area contributed by atoms with E-state index in [-0.39, 0.29) is 5.91 Å². The highest BCUT2D eigenvalue weighted by atomic mass is 16.3. The number of hydrogen-bond donors (Lipinski definition) is 2. The first kappa shape index (κ1) is 26.2. The molecule has 202 valence electrons. The maximum absolute atomic E-state index is 12.0. The lowest BCUT2D eigenvalue weighted by Gasteiger charge is -2.37. The Balaban J connectivity index is 1.38. The van der Waals surface area contributed by atoms with E-state index in [9.17, 15) is 9.90 Å². The number of benzene rings is 5. The maximum Gasteiger partial charge on any atom is 0.251 e. The van der Waals surface area contributed by atoms with Crippen molar-refractivity contribution in [3.05, 3.63) is 173 Å². The summed E-state index contributed by atoms with van der Waals surface area (Å²) in [6.45, 7) is 0. The Morgan fingerprint density at radius 1 is 0.780 bits per heavy atom. The summed E-state index contributed by atoms with van der Waals surface area (Å²) >= 11 is 0. The summed E-state index contributed by atoms with van der Waals surface area (Å²) in [5, 5.41) is 15.8. The molecular weight excluding hydrogens is 506 g/mol. The lowest BCUT2D eigenvalue weighted by molar-refractivity contribution is 0.0963. The van der Waals surface area contributed by atoms with E-state index in [0.29, 0.717) is 12.0 Å². The van der Waals surface area contributed by atoms with E-state index in [2.05, 4.69) is 82.7 Å². The molecule has 0 aliphatic carbocycles. The van der Waals surface area contributed by atoms with Gasteiger partial charge in [0.1, 0.15) is 5.54 Å². The molecule has 1 aromatic heterocycles. The Hall–Kier alpha value is -5.00. The third-order valence-corrected chi connectivity index (χ3v) is 7.74. The molecule has 1 unspecified atom stereocenters. The number of imidazole rings is 1. The number of nitrogens with zero attached hydrogens (tertiary/aromatic N) is 2. The third-order valence-electron chi connectivity index (χ3n) is 7.74. The summed E-state index contributed by atoms with van der Waals surface area (Å²) in [6, 6.07) is 42.8. The van der Waals surface area contributed by atoms with Crippen LogP contribution in [0.5, 0.6) is 0 Å². The molecule has 1 atom stereocenters. The van der Waals surface area contributed by atoms with Crippen LogP contribution in [0, 0.1) is 0 Å². The van der Waals surface area contributed by atoms with Crippen molar-refractivity contribution in [1.82, 2.24) is 14.9 Å². The molecule has 5 heteroatoms. The fraction of sp³-hybridized carbons (Fsp3) is 0.111. The Morgan fingerprint density at radius 3 is 1.88 bits per heavy atom. The van der Waals surface area contributed by atoms with Crippen molar-refractivity contribution < 1.29 is 9.90 Å². The van der Waals surface area contributed by atoms with Crippen molar-refractivity contribution in [2.75, 3.05) is 7.05 Å². The summed E-state index contributed by atoms with van der Waals surface area (Å²) in [5.74, 6) is -0.121. The largest absolute Gasteiger partial charge is 0.388 e. The first-order chi connectivity index (χ1) is 20.1. The zero-order valence-electron chi connectivity index (χ0n) is 22.8. The Kier molecular flexibility index (Phi) is 7.19. The smallest absolute Gasteiger partial charge is 0.251 e. The Bertz CT molecular complexity index is 1680. The number of fused-ring (bicyclic) bond motifs is 1. The van der Waals surface area contributed by atoms with Crippen molar-refractivity contribution in [3.8, 4) is 0 Å². The fourth-order valence-electron chi connectivity index (χ4n) is 5.71. The average Bonchev–Trinajstić information content (AvgIpc) is 3.50. The third kappa shape index (κ3) is 4.92. The van der Waals surface area contributed by atoms with Gasteiger partial charge in [-0.3, -0.25) is 4.79 Å². The predicted molar refractivity (Wildman–Crippen MR) is 163 cm³/mol. The van der Waals surface area contributed by atoms with Crippen LogP contribution in [-0.2, 0) is 12.0 Å². The highest BCUT2D eigenvalue weighted by Crippen LogP contribution is 2.41. The van der Waals surface area contributed by atoms with Crippen LogP contribution in [0.2, 0.25) is 0 Å². The van der Waals surface area contributed by atoms with Gasteiger partial charge in [0.2, 0.25) is 0 Å². The first-order valence-corrected chi connectivity index (χ1v) is 13.7. The SMILES string of the molecule is CNC(=O)c1ccc2cc(C(O)Cc3cn(C(c4ccccc4)(c4ccccc4)c4ccccc4)cn3)ccc2c1. The van der Waals surface area contributed by atoms with E-state index in [0.717, 1.165) is 38.7 Å². The summed E-state index contributed by atoms with van der Waals surface area (Å²) < 4.78 is 2.16. The predicted octanol–water partition coefficient (Wildman–Crippen LogP) is 6.51. The number of aliphatic hydroxyl groups excluding tert-OH is 1. The number of carbonyl (C=O) groups is 1. The zero-order chi connectivity index (χ0) is 28.2. The molecule has 41 heavy (non-hydrogen) atoms. The van der Waals surface area contributed by atoms with E-state index < -0.39 is 11.6 Å². The number of rotatable bonds is 8. The zero-order valence-corrected chi connectivity index (χ0v) is 22.8. The molecule has 6 rings (SSSR count). The molecule has 0 aliphatic rings. The van der Waals surface area contributed by atoms with Crippen molar-refractivity contribution in [1.29, 1.82) is 0 Å². The molecule has 5 aromatic carbocycles. The number of aromatic nitrogens is 2. The molecule has 0 fully saturated rings. The fourth-order valence-corrected chi connectivity index (χ4v) is 5.71. The van der Waals surface area contributed by atoms with E-state index >= 15 is 0 Å². The van der Waals surface area contributed by atoms with Crippen LogP contribution in [-0.4, -0.2) is 27.6 Å². The second kappa shape index (κ2) is 11.2. The molecule has 1 amide bonds. The molecular formula is C36H31N3O2. The molecule has 0 saturated carbocycles. The van der Waals surface area contributed by atoms with Gasteiger partial charge < -0.3 is 15.0 Å². The van der Waals surface area contributed by atoms with Gasteiger partial charge in [0.15, 0.2) is 0 Å². The molecule has 1 heterocycles. The normalized spacial score (nSPS) is 12.2. The van der Waals surface area contributed by atoms with Gasteiger partial charge in [-0.15, -0.1) is 0 Å². The van der Waals surface area contributed by atoms with Gasteiger partial charge in [0.25, 0.3) is 5.91 Å². The van der Waals surface area contributed by atoms with Crippen molar-refractivity contribution in [3.63, 3.8) is 0 Å². The number of amides is 1. The molecule has 0 radical (unpaired) electrons. The van der Waals surface area contributed by atoms with E-state index in [1.54, 1.807) is 13.1 Å². The summed E-state index contributed by atoms with van der Waals surface area (Å²) in [4.78, 5) is 16.8. The minimum absolute atomic E-state index is 0.121. The van der Waals surface area contributed by atoms with Gasteiger partial charge in [-0.1, -0.05) is 109 Å². The van der Waals surface area contributed by atoms with E-state index in [1.807, 2.05) is 61.1 Å². The maximum atomic E-state index is 12.0. The Morgan fingerprint density at radius 2 is 1.32 bits per heavy atom. The summed E-state index contributed by atoms with van der Waals surface area (Å²) in [6.07, 6.45) is 3.55. The number of nitrogens with one attached hydrogen (secondary N) is 1. The lowest BCUT2D eigenvalue weighted by Crippen LogP contribution is -2.36. The molecule has 6 aromatic rings. The summed E-state index contributed by atoms with van der Waals surface area (Å²) in [5.41, 5.74) is 4.91. The molecule has 0 spiro atoms. The van der Waals surface area contributed by atoms with Gasteiger partial charge >= 0.3 is 0 Å². The van der Waals surface area contributed by atoms with Gasteiger partial charge in [0.05, 0.1) is 18.1 Å². The first-order valence-electron chi connectivity index (χ1n) is 13.7. The van der Waals surface area contributed by atoms with Crippen molar-refractivity contribution >= 4 is 16.7 Å². The highest BCUT2D eigenvalue weighted by Gasteiger charge is 2.38. The van der Waals surface area contributed by atoms with Crippen LogP contribution in [0.3, 0.4) is 0 Å². The molecule has 0 aliphatic heterocycles. The van der Waals surface area contributed by atoms with E-state index in [1.165, 1.54) is 0 Å². The number of hydrogen-bond acceptors (Lipinski definition) is 3. The van der Waals surface area contributed by atoms with Gasteiger partial charge in [0, 0.05) is 25.2 Å². The monoisotopic (exact) mass is 537 g/mol. The lowest BCUT2D eigenvalue weighted by atomic mass is 9.77. The average molecular weight is 538 g/mol. The van der Waals surface area contributed by atoms with Crippen LogP contribution in [0.1, 0.15) is 44.4 Å². The number of carbonyl (C=O) groups excluding carboxylic acids is 1. The molecule has 2 N–H and O–H groups in total. The summed E-state index contributed by atoms with van der Waals surface area (Å²) in [7, 11) is 1.62. The second-order valence-corrected chi connectivity index (χ2v) is 10.2. The minimum atomic E-state index is -0.735. The van der Waals surface area contributed by atoms with Crippen molar-refractivity contribution in [2.24, 2.45) is 0 Å². The van der Waals surface area contributed by atoms with Crippen LogP contribution >= 0.6 is 0 Å². The molecule has 5 nitrogen and oxygen atoms in total. The molecule has 0 bridgehead atoms. The minimum Gasteiger partial charge on any atom is -0.388 e. The number of aliphatic hydroxyl groups is 1. The van der Waals surface area contributed by atoms with Crippen LogP contribution < -0.4 is 5.32 Å². The van der Waals surface area contributed by atoms with Crippen LogP contribution in [0.4, 0.5) is 0 Å². The quantitative estimate of drug-likeness (QED) is 0.218. The Labute approximate surface area is 239 Å². The molecule has 0 saturated heterocycles. The van der Waals surface area contributed by atoms with Crippen LogP contribution in [0.25, 0.3) is 10.8 Å². The van der Waals surface area contributed by atoms with Crippen LogP contribution in [0.15, 0.2) is 140 Å². The van der Waals surface area contributed by atoms with Gasteiger partial charge in [-0.2, -0.15) is 0 Å². The van der Waals surface area contributed by atoms with E-state index in [4.69, 9.17) is 4.98 Å². The second-order valence-electron chi connectivity index (χ2n) is 10.2. The standard InChI is InChI=1S/C36H31N3O2/c1-37-35(41)29-20-18-26-21-28(19-17-27(26)22-29)34(40)23-33-24-39(25-38-33)36(30-11-5-2-6-12-30,31-13-7-3-8-14-31)32-15-9-4-10-16-32/h2-22,24-25,34,40H,23H2,1H3,(H,37,41). The van der Waals surface area contributed by atoms with Gasteiger partial charge in [-0.25, -0.2) is 4.98 Å². The van der Waals surface area contributed by atoms with Gasteiger partial charge in [-0.05, 0) is 51.2 Å².